The quantitative estimate of drug-likeness (QED) is 0.555. The third-order valence-electron chi connectivity index (χ3n) is 1.54. The van der Waals surface area contributed by atoms with Crippen LogP contribution in [0.1, 0.15) is 0 Å². The van der Waals surface area contributed by atoms with Crippen molar-refractivity contribution in [2.24, 2.45) is 0 Å². The SMILES string of the molecule is O=c1[nH]c(=O)c2cnccc2[nH]1. The van der Waals surface area contributed by atoms with Crippen molar-refractivity contribution in [1.29, 1.82) is 0 Å². The lowest BCUT2D eigenvalue weighted by molar-refractivity contribution is 1.08. The number of aromatic nitrogens is 3. The van der Waals surface area contributed by atoms with Crippen LogP contribution >= 0.6 is 0 Å². The standard InChI is InChI=1S/C7H5N3O2/c11-6-4-3-8-2-1-5(4)9-7(12)10-6/h1-3H,(H2,9,10,11,12). The summed E-state index contributed by atoms with van der Waals surface area (Å²) in [4.78, 5) is 30.2. The molecule has 0 saturated carbocycles. The summed E-state index contributed by atoms with van der Waals surface area (Å²) in [6.07, 6.45) is 2.92. The molecule has 2 aromatic heterocycles. The lowest BCUT2D eigenvalue weighted by atomic mass is 10.3. The van der Waals surface area contributed by atoms with Gasteiger partial charge in [0.2, 0.25) is 0 Å². The Kier molecular flexibility index (Phi) is 1.30. The number of nitrogens with zero attached hydrogens (tertiary/aromatic N) is 1. The Bertz CT molecular complexity index is 526. The fraction of sp³-hybridized carbons (Fsp3) is 0. The van der Waals surface area contributed by atoms with Crippen molar-refractivity contribution in [2.75, 3.05) is 0 Å². The molecular weight excluding hydrogens is 158 g/mol. The van der Waals surface area contributed by atoms with Gasteiger partial charge in [-0.05, 0) is 6.07 Å². The van der Waals surface area contributed by atoms with Gasteiger partial charge in [0.15, 0.2) is 0 Å². The molecule has 0 aliphatic rings. The van der Waals surface area contributed by atoms with E-state index in [9.17, 15) is 9.59 Å². The molecule has 0 aromatic carbocycles. The Hall–Kier alpha value is -1.91. The maximum absolute atomic E-state index is 11.1. The normalized spacial score (nSPS) is 10.3. The lowest BCUT2D eigenvalue weighted by Gasteiger charge is -1.92. The van der Waals surface area contributed by atoms with Gasteiger partial charge in [-0.15, -0.1) is 0 Å². The zero-order valence-corrected chi connectivity index (χ0v) is 6.00. The van der Waals surface area contributed by atoms with E-state index < -0.39 is 11.2 Å². The fourth-order valence-corrected chi connectivity index (χ4v) is 1.01. The molecule has 0 unspecified atom stereocenters. The van der Waals surface area contributed by atoms with Crippen molar-refractivity contribution >= 4 is 10.9 Å². The molecule has 2 heterocycles. The zero-order valence-electron chi connectivity index (χ0n) is 6.00. The number of aromatic amines is 2. The minimum absolute atomic E-state index is 0.386. The largest absolute Gasteiger partial charge is 0.326 e. The first-order valence-electron chi connectivity index (χ1n) is 3.34. The highest BCUT2D eigenvalue weighted by Crippen LogP contribution is 1.98. The van der Waals surface area contributed by atoms with Crippen molar-refractivity contribution in [3.05, 3.63) is 39.3 Å². The number of rotatable bonds is 0. The number of hydrogen-bond acceptors (Lipinski definition) is 3. The van der Waals surface area contributed by atoms with E-state index in [1.54, 1.807) is 6.07 Å². The van der Waals surface area contributed by atoms with Gasteiger partial charge >= 0.3 is 5.69 Å². The Labute approximate surface area is 66.1 Å². The van der Waals surface area contributed by atoms with Gasteiger partial charge in [0, 0.05) is 12.4 Å². The van der Waals surface area contributed by atoms with Crippen LogP contribution in [0.15, 0.2) is 28.0 Å². The predicted molar refractivity (Wildman–Crippen MR) is 43.0 cm³/mol. The molecule has 12 heavy (non-hydrogen) atoms. The highest BCUT2D eigenvalue weighted by molar-refractivity contribution is 5.75. The first kappa shape index (κ1) is 6.78. The molecule has 5 heteroatoms. The number of nitrogens with one attached hydrogen (secondary N) is 2. The van der Waals surface area contributed by atoms with Crippen LogP contribution in [0.25, 0.3) is 10.9 Å². The minimum atomic E-state index is -0.501. The number of pyridine rings is 1. The molecule has 0 saturated heterocycles. The Morgan fingerprint density at radius 1 is 1.25 bits per heavy atom. The Morgan fingerprint density at radius 3 is 2.92 bits per heavy atom. The minimum Gasteiger partial charge on any atom is -0.307 e. The fourth-order valence-electron chi connectivity index (χ4n) is 1.01. The first-order chi connectivity index (χ1) is 5.77. The van der Waals surface area contributed by atoms with Crippen molar-refractivity contribution in [1.82, 2.24) is 15.0 Å². The van der Waals surface area contributed by atoms with E-state index in [-0.39, 0.29) is 0 Å². The molecule has 0 bridgehead atoms. The van der Waals surface area contributed by atoms with E-state index in [2.05, 4.69) is 15.0 Å². The molecule has 2 rings (SSSR count). The monoisotopic (exact) mass is 163 g/mol. The second-order valence-corrected chi connectivity index (χ2v) is 2.33. The van der Waals surface area contributed by atoms with Gasteiger partial charge < -0.3 is 4.98 Å². The topological polar surface area (TPSA) is 78.6 Å². The number of H-pyrrole nitrogens is 2. The first-order valence-corrected chi connectivity index (χ1v) is 3.34. The summed E-state index contributed by atoms with van der Waals surface area (Å²) in [6, 6.07) is 1.58. The van der Waals surface area contributed by atoms with E-state index in [0.717, 1.165) is 0 Å². The molecule has 2 N–H and O–H groups in total. The van der Waals surface area contributed by atoms with E-state index in [1.165, 1.54) is 12.4 Å². The van der Waals surface area contributed by atoms with Gasteiger partial charge in [-0.2, -0.15) is 0 Å². The van der Waals surface area contributed by atoms with Crippen molar-refractivity contribution < 1.29 is 0 Å². The van der Waals surface area contributed by atoms with Crippen LogP contribution in [0.4, 0.5) is 0 Å². The molecule has 0 aliphatic heterocycles. The van der Waals surface area contributed by atoms with E-state index in [1.807, 2.05) is 0 Å². The molecule has 0 spiro atoms. The average molecular weight is 163 g/mol. The molecular formula is C7H5N3O2. The van der Waals surface area contributed by atoms with Crippen LogP contribution in [0, 0.1) is 0 Å². The number of fused-ring (bicyclic) bond motifs is 1. The third kappa shape index (κ3) is 0.914. The summed E-state index contributed by atoms with van der Waals surface area (Å²) in [5.74, 6) is 0. The van der Waals surface area contributed by atoms with Crippen LogP contribution in [0.5, 0.6) is 0 Å². The smallest absolute Gasteiger partial charge is 0.307 e. The lowest BCUT2D eigenvalue weighted by Crippen LogP contribution is -2.21. The highest BCUT2D eigenvalue weighted by atomic mass is 16.2. The van der Waals surface area contributed by atoms with Gasteiger partial charge in [0.25, 0.3) is 5.56 Å². The molecule has 0 aliphatic carbocycles. The van der Waals surface area contributed by atoms with Crippen LogP contribution < -0.4 is 11.2 Å². The van der Waals surface area contributed by atoms with Gasteiger partial charge in [0.05, 0.1) is 10.9 Å². The van der Waals surface area contributed by atoms with E-state index in [0.29, 0.717) is 10.9 Å². The summed E-state index contributed by atoms with van der Waals surface area (Å²) in [7, 11) is 0. The second kappa shape index (κ2) is 2.30. The zero-order chi connectivity index (χ0) is 8.55. The van der Waals surface area contributed by atoms with Crippen molar-refractivity contribution in [3.63, 3.8) is 0 Å². The van der Waals surface area contributed by atoms with Gasteiger partial charge in [-0.3, -0.25) is 14.8 Å². The average Bonchev–Trinajstić information content (AvgIpc) is 2.04. The molecule has 5 nitrogen and oxygen atoms in total. The highest BCUT2D eigenvalue weighted by Gasteiger charge is 1.97. The summed E-state index contributed by atoms with van der Waals surface area (Å²) >= 11 is 0. The van der Waals surface area contributed by atoms with Crippen molar-refractivity contribution in [2.45, 2.75) is 0 Å². The molecule has 0 amide bonds. The van der Waals surface area contributed by atoms with Crippen LogP contribution in [0.3, 0.4) is 0 Å². The molecule has 60 valence electrons. The summed E-state index contributed by atoms with van der Waals surface area (Å²) in [6.45, 7) is 0. The Morgan fingerprint density at radius 2 is 2.08 bits per heavy atom. The summed E-state index contributed by atoms with van der Waals surface area (Å²) in [5, 5.41) is 0.386. The molecule has 0 fully saturated rings. The molecule has 0 radical (unpaired) electrons. The van der Waals surface area contributed by atoms with Gasteiger partial charge in [0.1, 0.15) is 0 Å². The van der Waals surface area contributed by atoms with Crippen LogP contribution in [-0.4, -0.2) is 15.0 Å². The van der Waals surface area contributed by atoms with Gasteiger partial charge in [-0.1, -0.05) is 0 Å². The van der Waals surface area contributed by atoms with Crippen molar-refractivity contribution in [3.8, 4) is 0 Å². The maximum Gasteiger partial charge on any atom is 0.326 e. The van der Waals surface area contributed by atoms with Crippen LogP contribution in [-0.2, 0) is 0 Å². The van der Waals surface area contributed by atoms with E-state index >= 15 is 0 Å². The molecule has 2 aromatic rings. The second-order valence-electron chi connectivity index (χ2n) is 2.33. The summed E-state index contributed by atoms with van der Waals surface area (Å²) in [5.41, 5.74) is -0.417. The van der Waals surface area contributed by atoms with Crippen LogP contribution in [0.2, 0.25) is 0 Å². The predicted octanol–water partition coefficient (Wildman–Crippen LogP) is -0.389. The summed E-state index contributed by atoms with van der Waals surface area (Å²) < 4.78 is 0. The molecule has 0 atom stereocenters. The Balaban J connectivity index is 3.09. The maximum atomic E-state index is 11.1. The third-order valence-corrected chi connectivity index (χ3v) is 1.54. The van der Waals surface area contributed by atoms with E-state index in [4.69, 9.17) is 0 Å². The number of hydrogen-bond donors (Lipinski definition) is 2. The van der Waals surface area contributed by atoms with Gasteiger partial charge in [-0.25, -0.2) is 4.79 Å².